The summed E-state index contributed by atoms with van der Waals surface area (Å²) < 4.78 is 0. The molecule has 0 N–H and O–H groups in total. The zero-order chi connectivity index (χ0) is 12.7. The highest BCUT2D eigenvalue weighted by Crippen LogP contribution is 2.23. The van der Waals surface area contributed by atoms with E-state index < -0.39 is 0 Å². The summed E-state index contributed by atoms with van der Waals surface area (Å²) in [5.41, 5.74) is 2.74. The molecule has 1 heterocycles. The van der Waals surface area contributed by atoms with E-state index in [2.05, 4.69) is 18.8 Å². The Bertz CT molecular complexity index is 377. The molecule has 0 radical (unpaired) electrons. The second-order valence-corrected chi connectivity index (χ2v) is 4.65. The van der Waals surface area contributed by atoms with Gasteiger partial charge in [-0.2, -0.15) is 0 Å². The van der Waals surface area contributed by atoms with Crippen LogP contribution >= 0.6 is 11.6 Å². The molecule has 0 saturated carbocycles. The second kappa shape index (κ2) is 7.44. The summed E-state index contributed by atoms with van der Waals surface area (Å²) >= 11 is 6.08. The number of aromatic nitrogens is 1. The normalized spacial score (nSPS) is 10.5. The number of carbonyl (C=O) groups is 1. The Balaban J connectivity index is 3.02. The monoisotopic (exact) mass is 253 g/mol. The number of hydrogen-bond acceptors (Lipinski definition) is 2. The molecule has 0 fully saturated rings. The van der Waals surface area contributed by atoms with Crippen molar-refractivity contribution in [3.05, 3.63) is 28.0 Å². The van der Waals surface area contributed by atoms with Gasteiger partial charge < -0.3 is 0 Å². The zero-order valence-electron chi connectivity index (χ0n) is 10.6. The second-order valence-electron chi connectivity index (χ2n) is 4.29. The van der Waals surface area contributed by atoms with E-state index in [0.717, 1.165) is 61.5 Å². The van der Waals surface area contributed by atoms with Crippen LogP contribution in [0.15, 0.2) is 6.20 Å². The first-order valence-electron chi connectivity index (χ1n) is 6.36. The first-order valence-corrected chi connectivity index (χ1v) is 6.73. The van der Waals surface area contributed by atoms with Gasteiger partial charge in [0.1, 0.15) is 5.15 Å². The van der Waals surface area contributed by atoms with Gasteiger partial charge in [0.2, 0.25) is 0 Å². The number of rotatable bonds is 7. The van der Waals surface area contributed by atoms with E-state index >= 15 is 0 Å². The smallest absolute Gasteiger partial charge is 0.150 e. The maximum atomic E-state index is 11.2. The van der Waals surface area contributed by atoms with E-state index in [1.165, 1.54) is 0 Å². The van der Waals surface area contributed by atoms with Gasteiger partial charge in [0.25, 0.3) is 0 Å². The lowest BCUT2D eigenvalue weighted by Crippen LogP contribution is -2.03. The Kier molecular flexibility index (Phi) is 6.20. The molecule has 2 nitrogen and oxygen atoms in total. The average Bonchev–Trinajstić information content (AvgIpc) is 2.35. The number of hydrogen-bond donors (Lipinski definition) is 0. The van der Waals surface area contributed by atoms with Gasteiger partial charge in [-0.05, 0) is 31.2 Å². The van der Waals surface area contributed by atoms with Crippen molar-refractivity contribution in [1.82, 2.24) is 4.98 Å². The summed E-state index contributed by atoms with van der Waals surface area (Å²) in [6.45, 7) is 4.27. The van der Waals surface area contributed by atoms with Crippen molar-refractivity contribution in [2.45, 2.75) is 52.4 Å². The Labute approximate surface area is 108 Å². The quantitative estimate of drug-likeness (QED) is 0.538. The minimum atomic E-state index is 0.487. The highest BCUT2D eigenvalue weighted by molar-refractivity contribution is 6.30. The molecule has 0 aliphatic rings. The SMILES string of the molecule is CCCCc1cnc(Cl)c(CCCC)c1C=O. The van der Waals surface area contributed by atoms with Crippen molar-refractivity contribution in [3.8, 4) is 0 Å². The van der Waals surface area contributed by atoms with E-state index in [1.54, 1.807) is 6.20 Å². The molecule has 0 aliphatic heterocycles. The van der Waals surface area contributed by atoms with Gasteiger partial charge in [0, 0.05) is 17.3 Å². The third-order valence-corrected chi connectivity index (χ3v) is 3.28. The predicted octanol–water partition coefficient (Wildman–Crippen LogP) is 4.23. The lowest BCUT2D eigenvalue weighted by molar-refractivity contribution is 0.112. The minimum Gasteiger partial charge on any atom is -0.298 e. The van der Waals surface area contributed by atoms with Crippen LogP contribution in [0.5, 0.6) is 0 Å². The molecule has 0 aromatic carbocycles. The highest BCUT2D eigenvalue weighted by atomic mass is 35.5. The molecule has 0 saturated heterocycles. The van der Waals surface area contributed by atoms with E-state index in [-0.39, 0.29) is 0 Å². The molecule has 0 amide bonds. The molecule has 0 aliphatic carbocycles. The standard InChI is InChI=1S/C14H20ClNO/c1-3-5-7-11-9-16-14(15)12(8-6-4-2)13(11)10-17/h9-10H,3-8H2,1-2H3. The molecule has 0 atom stereocenters. The summed E-state index contributed by atoms with van der Waals surface area (Å²) in [4.78, 5) is 15.4. The first kappa shape index (κ1) is 14.2. The molecule has 0 unspecified atom stereocenters. The summed E-state index contributed by atoms with van der Waals surface area (Å²) in [5.74, 6) is 0. The van der Waals surface area contributed by atoms with E-state index in [9.17, 15) is 4.79 Å². The average molecular weight is 254 g/mol. The number of nitrogens with zero attached hydrogens (tertiary/aromatic N) is 1. The van der Waals surface area contributed by atoms with Crippen LogP contribution in [0.25, 0.3) is 0 Å². The topological polar surface area (TPSA) is 30.0 Å². The maximum Gasteiger partial charge on any atom is 0.150 e. The number of pyridine rings is 1. The molecule has 3 heteroatoms. The van der Waals surface area contributed by atoms with Gasteiger partial charge in [-0.3, -0.25) is 4.79 Å². The fraction of sp³-hybridized carbons (Fsp3) is 0.571. The van der Waals surface area contributed by atoms with Crippen LogP contribution in [0.3, 0.4) is 0 Å². The summed E-state index contributed by atoms with van der Waals surface area (Å²) in [6.07, 6.45) is 8.76. The molecule has 1 aromatic heterocycles. The van der Waals surface area contributed by atoms with Crippen molar-refractivity contribution in [3.63, 3.8) is 0 Å². The van der Waals surface area contributed by atoms with Crippen molar-refractivity contribution < 1.29 is 4.79 Å². The Hall–Kier alpha value is -0.890. The zero-order valence-corrected chi connectivity index (χ0v) is 11.4. The van der Waals surface area contributed by atoms with E-state index in [1.807, 2.05) is 0 Å². The van der Waals surface area contributed by atoms with Crippen molar-refractivity contribution in [1.29, 1.82) is 0 Å². The molecule has 1 rings (SSSR count). The Morgan fingerprint density at radius 2 is 1.88 bits per heavy atom. The number of halogens is 1. The van der Waals surface area contributed by atoms with E-state index in [4.69, 9.17) is 11.6 Å². The van der Waals surface area contributed by atoms with Gasteiger partial charge in [-0.15, -0.1) is 0 Å². The van der Waals surface area contributed by atoms with Crippen LogP contribution in [0, 0.1) is 0 Å². The van der Waals surface area contributed by atoms with Crippen LogP contribution in [-0.2, 0) is 12.8 Å². The van der Waals surface area contributed by atoms with Gasteiger partial charge in [0.15, 0.2) is 6.29 Å². The largest absolute Gasteiger partial charge is 0.298 e. The molecule has 0 spiro atoms. The third kappa shape index (κ3) is 3.81. The lowest BCUT2D eigenvalue weighted by atomic mass is 9.98. The first-order chi connectivity index (χ1) is 8.24. The Morgan fingerprint density at radius 3 is 2.47 bits per heavy atom. The van der Waals surface area contributed by atoms with Crippen LogP contribution in [0.4, 0.5) is 0 Å². The molecular weight excluding hydrogens is 234 g/mol. The molecular formula is C14H20ClNO. The third-order valence-electron chi connectivity index (χ3n) is 2.95. The minimum absolute atomic E-state index is 0.487. The molecule has 17 heavy (non-hydrogen) atoms. The van der Waals surface area contributed by atoms with Crippen molar-refractivity contribution in [2.75, 3.05) is 0 Å². The number of carbonyl (C=O) groups excluding carboxylic acids is 1. The predicted molar refractivity (Wildman–Crippen MR) is 71.9 cm³/mol. The van der Waals surface area contributed by atoms with Crippen molar-refractivity contribution >= 4 is 17.9 Å². The number of aryl methyl sites for hydroxylation is 1. The number of aldehydes is 1. The van der Waals surface area contributed by atoms with Gasteiger partial charge in [0.05, 0.1) is 0 Å². The molecule has 1 aromatic rings. The fourth-order valence-corrected chi connectivity index (χ4v) is 2.14. The van der Waals surface area contributed by atoms with Gasteiger partial charge in [-0.1, -0.05) is 38.3 Å². The highest BCUT2D eigenvalue weighted by Gasteiger charge is 2.12. The lowest BCUT2D eigenvalue weighted by Gasteiger charge is -2.11. The molecule has 0 bridgehead atoms. The van der Waals surface area contributed by atoms with Crippen LogP contribution < -0.4 is 0 Å². The van der Waals surface area contributed by atoms with Crippen LogP contribution in [0.2, 0.25) is 5.15 Å². The fourth-order valence-electron chi connectivity index (χ4n) is 1.89. The summed E-state index contributed by atoms with van der Waals surface area (Å²) in [6, 6.07) is 0. The summed E-state index contributed by atoms with van der Waals surface area (Å²) in [5, 5.41) is 0.487. The van der Waals surface area contributed by atoms with Crippen LogP contribution in [0.1, 0.15) is 61.0 Å². The van der Waals surface area contributed by atoms with Crippen LogP contribution in [-0.4, -0.2) is 11.3 Å². The van der Waals surface area contributed by atoms with Crippen molar-refractivity contribution in [2.24, 2.45) is 0 Å². The van der Waals surface area contributed by atoms with Gasteiger partial charge in [-0.25, -0.2) is 4.98 Å². The Morgan fingerprint density at radius 1 is 1.24 bits per heavy atom. The number of unbranched alkanes of at least 4 members (excludes halogenated alkanes) is 2. The van der Waals surface area contributed by atoms with E-state index in [0.29, 0.717) is 5.15 Å². The summed E-state index contributed by atoms with van der Waals surface area (Å²) in [7, 11) is 0. The maximum absolute atomic E-state index is 11.2. The molecule has 94 valence electrons. The van der Waals surface area contributed by atoms with Gasteiger partial charge >= 0.3 is 0 Å².